The van der Waals surface area contributed by atoms with Crippen LogP contribution in [0.3, 0.4) is 0 Å². The van der Waals surface area contributed by atoms with E-state index in [9.17, 15) is 9.59 Å². The summed E-state index contributed by atoms with van der Waals surface area (Å²) >= 11 is 1.38. The Kier molecular flexibility index (Phi) is 3.65. The summed E-state index contributed by atoms with van der Waals surface area (Å²) in [6.45, 7) is 3.56. The van der Waals surface area contributed by atoms with Gasteiger partial charge in [0.2, 0.25) is 5.91 Å². The summed E-state index contributed by atoms with van der Waals surface area (Å²) in [4.78, 5) is 31.1. The Bertz CT molecular complexity index is 834. The first-order chi connectivity index (χ1) is 11.5. The first-order valence-electron chi connectivity index (χ1n) is 7.85. The molecule has 0 saturated carbocycles. The van der Waals surface area contributed by atoms with Gasteiger partial charge in [-0.2, -0.15) is 0 Å². The van der Waals surface area contributed by atoms with Crippen LogP contribution in [0.5, 0.6) is 0 Å². The molecule has 0 radical (unpaired) electrons. The molecular formula is C16H18N4O3S. The molecule has 126 valence electrons. The van der Waals surface area contributed by atoms with Crippen LogP contribution in [0.2, 0.25) is 0 Å². The van der Waals surface area contributed by atoms with Gasteiger partial charge in [-0.15, -0.1) is 0 Å². The van der Waals surface area contributed by atoms with Gasteiger partial charge in [0.05, 0.1) is 35.4 Å². The molecule has 1 aromatic carbocycles. The second-order valence-corrected chi connectivity index (χ2v) is 7.40. The zero-order valence-corrected chi connectivity index (χ0v) is 14.1. The second kappa shape index (κ2) is 5.71. The first-order valence-corrected chi connectivity index (χ1v) is 8.67. The van der Waals surface area contributed by atoms with Gasteiger partial charge in [-0.25, -0.2) is 4.98 Å². The Morgan fingerprint density at radius 2 is 2.25 bits per heavy atom. The molecule has 2 fully saturated rings. The fourth-order valence-corrected chi connectivity index (χ4v) is 4.17. The lowest BCUT2D eigenvalue weighted by Crippen LogP contribution is -2.44. The highest BCUT2D eigenvalue weighted by Gasteiger charge is 2.35. The molecule has 3 heterocycles. The van der Waals surface area contributed by atoms with Gasteiger partial charge in [-0.1, -0.05) is 11.3 Å². The number of aromatic nitrogens is 1. The molecule has 2 aliphatic rings. The van der Waals surface area contributed by atoms with Crippen LogP contribution in [-0.2, 0) is 9.53 Å². The summed E-state index contributed by atoms with van der Waals surface area (Å²) in [5.74, 6) is -0.416. The Morgan fingerprint density at radius 3 is 3.08 bits per heavy atom. The van der Waals surface area contributed by atoms with E-state index < -0.39 is 0 Å². The van der Waals surface area contributed by atoms with Gasteiger partial charge in [-0.3, -0.25) is 9.59 Å². The number of ether oxygens (including phenoxy) is 1. The monoisotopic (exact) mass is 346 g/mol. The van der Waals surface area contributed by atoms with E-state index in [0.717, 1.165) is 15.8 Å². The van der Waals surface area contributed by atoms with E-state index in [2.05, 4.69) is 10.3 Å². The Balaban J connectivity index is 1.67. The third-order valence-corrected chi connectivity index (χ3v) is 5.30. The number of hydrogen-bond donors (Lipinski definition) is 2. The number of rotatable bonds is 1. The number of anilines is 1. The van der Waals surface area contributed by atoms with E-state index in [1.807, 2.05) is 19.1 Å². The number of nitrogen functional groups attached to an aromatic ring is 1. The highest BCUT2D eigenvalue weighted by atomic mass is 32.1. The van der Waals surface area contributed by atoms with Gasteiger partial charge in [0, 0.05) is 18.7 Å². The second-order valence-electron chi connectivity index (χ2n) is 6.34. The fourth-order valence-electron chi connectivity index (χ4n) is 3.32. The van der Waals surface area contributed by atoms with E-state index in [0.29, 0.717) is 37.0 Å². The van der Waals surface area contributed by atoms with Crippen molar-refractivity contribution < 1.29 is 14.3 Å². The molecule has 2 saturated heterocycles. The van der Waals surface area contributed by atoms with E-state index in [4.69, 9.17) is 10.5 Å². The molecule has 8 heteroatoms. The van der Waals surface area contributed by atoms with Crippen molar-refractivity contribution in [2.45, 2.75) is 13.0 Å². The highest BCUT2D eigenvalue weighted by molar-refractivity contribution is 7.22. The molecule has 2 aliphatic heterocycles. The van der Waals surface area contributed by atoms with Crippen LogP contribution in [0.1, 0.15) is 15.9 Å². The van der Waals surface area contributed by atoms with Gasteiger partial charge < -0.3 is 20.7 Å². The lowest BCUT2D eigenvalue weighted by molar-refractivity contribution is -0.125. The Morgan fingerprint density at radius 1 is 1.42 bits per heavy atom. The Hall–Kier alpha value is -2.19. The molecular weight excluding hydrogens is 328 g/mol. The van der Waals surface area contributed by atoms with Crippen LogP contribution in [0.25, 0.3) is 10.2 Å². The van der Waals surface area contributed by atoms with Gasteiger partial charge in [0.25, 0.3) is 5.91 Å². The number of nitrogens with zero attached hydrogens (tertiary/aromatic N) is 2. The summed E-state index contributed by atoms with van der Waals surface area (Å²) in [5, 5.41) is 3.43. The molecule has 7 nitrogen and oxygen atoms in total. The van der Waals surface area contributed by atoms with Crippen molar-refractivity contribution in [2.24, 2.45) is 5.92 Å². The largest absolute Gasteiger partial charge is 0.378 e. The van der Waals surface area contributed by atoms with Crippen molar-refractivity contribution >= 4 is 38.5 Å². The summed E-state index contributed by atoms with van der Waals surface area (Å²) in [6.07, 6.45) is 0. The first kappa shape index (κ1) is 15.3. The number of nitrogens with one attached hydrogen (secondary N) is 1. The van der Waals surface area contributed by atoms with Crippen molar-refractivity contribution in [1.29, 1.82) is 0 Å². The SMILES string of the molecule is Cc1cc(C(=O)N2C[C@H]3COC[C@@H](C2)C(=O)N3)cc2sc(N)nc12. The van der Waals surface area contributed by atoms with Crippen LogP contribution >= 0.6 is 11.3 Å². The van der Waals surface area contributed by atoms with E-state index in [-0.39, 0.29) is 23.8 Å². The third kappa shape index (κ3) is 2.61. The van der Waals surface area contributed by atoms with Crippen molar-refractivity contribution in [3.63, 3.8) is 0 Å². The molecule has 4 rings (SSSR count). The minimum Gasteiger partial charge on any atom is -0.378 e. The number of amides is 2. The zero-order chi connectivity index (χ0) is 16.8. The number of benzene rings is 1. The summed E-state index contributed by atoms with van der Waals surface area (Å²) in [7, 11) is 0. The number of fused-ring (bicyclic) bond motifs is 4. The topological polar surface area (TPSA) is 97.5 Å². The van der Waals surface area contributed by atoms with Crippen molar-refractivity contribution in [1.82, 2.24) is 15.2 Å². The number of nitrogens with two attached hydrogens (primary N) is 1. The average molecular weight is 346 g/mol. The number of thiazole rings is 1. The van der Waals surface area contributed by atoms with Crippen molar-refractivity contribution in [3.8, 4) is 0 Å². The predicted molar refractivity (Wildman–Crippen MR) is 90.9 cm³/mol. The molecule has 24 heavy (non-hydrogen) atoms. The maximum atomic E-state index is 13.0. The maximum absolute atomic E-state index is 13.0. The quantitative estimate of drug-likeness (QED) is 0.795. The van der Waals surface area contributed by atoms with Crippen LogP contribution in [0.15, 0.2) is 12.1 Å². The van der Waals surface area contributed by atoms with E-state index in [1.54, 1.807) is 4.90 Å². The fraction of sp³-hybridized carbons (Fsp3) is 0.438. The lowest BCUT2D eigenvalue weighted by atomic mass is 10.1. The van der Waals surface area contributed by atoms with E-state index >= 15 is 0 Å². The summed E-state index contributed by atoms with van der Waals surface area (Å²) < 4.78 is 6.41. The molecule has 0 spiro atoms. The average Bonchev–Trinajstić information content (AvgIpc) is 2.71. The van der Waals surface area contributed by atoms with Gasteiger partial charge in [-0.05, 0) is 24.6 Å². The van der Waals surface area contributed by atoms with Gasteiger partial charge >= 0.3 is 0 Å². The number of aryl methyl sites for hydroxylation is 1. The van der Waals surface area contributed by atoms with Crippen LogP contribution in [0.4, 0.5) is 5.13 Å². The molecule has 1 aromatic heterocycles. The highest BCUT2D eigenvalue weighted by Crippen LogP contribution is 2.28. The smallest absolute Gasteiger partial charge is 0.254 e. The zero-order valence-electron chi connectivity index (χ0n) is 13.2. The molecule has 0 unspecified atom stereocenters. The molecule has 2 amide bonds. The number of carbonyl (C=O) groups excluding carboxylic acids is 2. The normalized spacial score (nSPS) is 23.9. The maximum Gasteiger partial charge on any atom is 0.254 e. The molecule has 2 bridgehead atoms. The van der Waals surface area contributed by atoms with Crippen LogP contribution in [-0.4, -0.2) is 54.0 Å². The molecule has 0 aliphatic carbocycles. The van der Waals surface area contributed by atoms with Gasteiger partial charge in [0.15, 0.2) is 5.13 Å². The van der Waals surface area contributed by atoms with Crippen LogP contribution < -0.4 is 11.1 Å². The minimum atomic E-state index is -0.315. The van der Waals surface area contributed by atoms with Crippen molar-refractivity contribution in [3.05, 3.63) is 23.3 Å². The molecule has 3 N–H and O–H groups in total. The molecule has 2 atom stereocenters. The number of hydrogen-bond acceptors (Lipinski definition) is 6. The Labute approximate surface area is 142 Å². The lowest BCUT2D eigenvalue weighted by Gasteiger charge is -2.27. The predicted octanol–water partition coefficient (Wildman–Crippen LogP) is 0.774. The molecule has 2 aromatic rings. The number of carbonyl (C=O) groups is 2. The summed E-state index contributed by atoms with van der Waals surface area (Å²) in [6, 6.07) is 3.53. The van der Waals surface area contributed by atoms with Gasteiger partial charge in [0.1, 0.15) is 0 Å². The van der Waals surface area contributed by atoms with Crippen LogP contribution in [0, 0.1) is 12.8 Å². The third-order valence-electron chi connectivity index (χ3n) is 4.47. The van der Waals surface area contributed by atoms with E-state index in [1.165, 1.54) is 11.3 Å². The van der Waals surface area contributed by atoms with Crippen molar-refractivity contribution in [2.75, 3.05) is 32.0 Å². The standard InChI is InChI=1S/C16H18N4O3S/c1-8-2-9(3-12-13(8)19-16(17)24-12)15(22)20-4-10-6-23-7-11(5-20)18-14(10)21/h2-3,10-11H,4-7H2,1H3,(H2,17,19)(H,18,21)/t10-,11+/m1/s1. The minimum absolute atomic E-state index is 0.0327. The summed E-state index contributed by atoms with van der Waals surface area (Å²) in [5.41, 5.74) is 8.15.